The first kappa shape index (κ1) is 15.3. The summed E-state index contributed by atoms with van der Waals surface area (Å²) in [7, 11) is 0. The van der Waals surface area contributed by atoms with Crippen LogP contribution in [0.15, 0.2) is 24.3 Å². The zero-order valence-electron chi connectivity index (χ0n) is 12.2. The molecule has 1 aliphatic carbocycles. The second kappa shape index (κ2) is 7.08. The SMILES string of the molecule is CC(NC(=O)CCNC1CC1)c1ccc(NC(N)=O)cc1. The van der Waals surface area contributed by atoms with Crippen LogP contribution in [0.25, 0.3) is 0 Å². The lowest BCUT2D eigenvalue weighted by atomic mass is 10.1. The highest BCUT2D eigenvalue weighted by Crippen LogP contribution is 2.18. The van der Waals surface area contributed by atoms with E-state index in [1.807, 2.05) is 19.1 Å². The van der Waals surface area contributed by atoms with Crippen LogP contribution in [0.3, 0.4) is 0 Å². The number of carbonyl (C=O) groups is 2. The van der Waals surface area contributed by atoms with E-state index in [4.69, 9.17) is 5.73 Å². The van der Waals surface area contributed by atoms with Gasteiger partial charge in [0.15, 0.2) is 0 Å². The zero-order valence-corrected chi connectivity index (χ0v) is 12.2. The molecule has 1 aliphatic rings. The van der Waals surface area contributed by atoms with Crippen LogP contribution in [-0.2, 0) is 4.79 Å². The van der Waals surface area contributed by atoms with Gasteiger partial charge in [0.05, 0.1) is 6.04 Å². The highest BCUT2D eigenvalue weighted by molar-refractivity contribution is 5.87. The lowest BCUT2D eigenvalue weighted by Crippen LogP contribution is -2.30. The third-order valence-electron chi connectivity index (χ3n) is 3.42. The number of anilines is 1. The number of hydrogen-bond donors (Lipinski definition) is 4. The van der Waals surface area contributed by atoms with Crippen LogP contribution in [0.1, 0.15) is 37.8 Å². The van der Waals surface area contributed by atoms with E-state index in [2.05, 4.69) is 16.0 Å². The van der Waals surface area contributed by atoms with Crippen LogP contribution in [-0.4, -0.2) is 24.5 Å². The first-order valence-electron chi connectivity index (χ1n) is 7.24. The molecule has 21 heavy (non-hydrogen) atoms. The molecular weight excluding hydrogens is 268 g/mol. The minimum Gasteiger partial charge on any atom is -0.351 e. The first-order chi connectivity index (χ1) is 10.0. The van der Waals surface area contributed by atoms with Crippen LogP contribution in [0, 0.1) is 0 Å². The van der Waals surface area contributed by atoms with Gasteiger partial charge in [0.25, 0.3) is 0 Å². The van der Waals surface area contributed by atoms with Crippen molar-refractivity contribution in [1.29, 1.82) is 0 Å². The van der Waals surface area contributed by atoms with Crippen LogP contribution in [0.5, 0.6) is 0 Å². The Kier molecular flexibility index (Phi) is 5.16. The van der Waals surface area contributed by atoms with Crippen molar-refractivity contribution in [3.63, 3.8) is 0 Å². The van der Waals surface area contributed by atoms with Gasteiger partial charge in [0.2, 0.25) is 5.91 Å². The quantitative estimate of drug-likeness (QED) is 0.612. The summed E-state index contributed by atoms with van der Waals surface area (Å²) in [5.41, 5.74) is 6.66. The number of benzene rings is 1. The molecule has 1 atom stereocenters. The van der Waals surface area contributed by atoms with E-state index in [9.17, 15) is 9.59 Å². The Bertz CT molecular complexity index is 497. The number of rotatable bonds is 7. The maximum atomic E-state index is 11.8. The molecule has 1 unspecified atom stereocenters. The lowest BCUT2D eigenvalue weighted by molar-refractivity contribution is -0.121. The van der Waals surface area contributed by atoms with Crippen molar-refractivity contribution < 1.29 is 9.59 Å². The van der Waals surface area contributed by atoms with E-state index in [1.165, 1.54) is 12.8 Å². The molecule has 114 valence electrons. The molecule has 6 nitrogen and oxygen atoms in total. The van der Waals surface area contributed by atoms with Crippen LogP contribution < -0.4 is 21.7 Å². The molecule has 2 rings (SSSR count). The molecule has 0 aromatic heterocycles. The van der Waals surface area contributed by atoms with E-state index < -0.39 is 6.03 Å². The Balaban J connectivity index is 1.76. The van der Waals surface area contributed by atoms with Gasteiger partial charge in [-0.05, 0) is 37.5 Å². The third kappa shape index (κ3) is 5.43. The third-order valence-corrected chi connectivity index (χ3v) is 3.42. The Morgan fingerprint density at radius 3 is 2.52 bits per heavy atom. The van der Waals surface area contributed by atoms with E-state index in [1.54, 1.807) is 12.1 Å². The van der Waals surface area contributed by atoms with Crippen molar-refractivity contribution in [3.05, 3.63) is 29.8 Å². The number of nitrogens with two attached hydrogens (primary N) is 1. The first-order valence-corrected chi connectivity index (χ1v) is 7.24. The molecule has 0 bridgehead atoms. The number of urea groups is 1. The predicted octanol–water partition coefficient (Wildman–Crippen LogP) is 1.50. The van der Waals surface area contributed by atoms with E-state index in [-0.39, 0.29) is 11.9 Å². The van der Waals surface area contributed by atoms with Crippen LogP contribution in [0.2, 0.25) is 0 Å². The fourth-order valence-electron chi connectivity index (χ4n) is 2.07. The lowest BCUT2D eigenvalue weighted by Gasteiger charge is -2.15. The van der Waals surface area contributed by atoms with Crippen molar-refractivity contribution in [2.75, 3.05) is 11.9 Å². The summed E-state index contributed by atoms with van der Waals surface area (Å²) >= 11 is 0. The summed E-state index contributed by atoms with van der Waals surface area (Å²) in [6.07, 6.45) is 2.94. The van der Waals surface area contributed by atoms with Gasteiger partial charge in [-0.2, -0.15) is 0 Å². The molecule has 0 heterocycles. The summed E-state index contributed by atoms with van der Waals surface area (Å²) in [5.74, 6) is 0.0370. The molecular formula is C15H22N4O2. The minimum atomic E-state index is -0.590. The molecule has 0 aliphatic heterocycles. The monoisotopic (exact) mass is 290 g/mol. The fraction of sp³-hybridized carbons (Fsp3) is 0.467. The molecule has 3 amide bonds. The summed E-state index contributed by atoms with van der Waals surface area (Å²) in [5, 5.41) is 8.77. The Morgan fingerprint density at radius 1 is 1.29 bits per heavy atom. The second-order valence-corrected chi connectivity index (χ2v) is 5.38. The molecule has 6 heteroatoms. The molecule has 1 aromatic rings. The molecule has 5 N–H and O–H groups in total. The summed E-state index contributed by atoms with van der Waals surface area (Å²) in [6, 6.07) is 7.21. The number of amides is 3. The Morgan fingerprint density at radius 2 is 1.95 bits per heavy atom. The number of hydrogen-bond acceptors (Lipinski definition) is 3. The van der Waals surface area contributed by atoms with E-state index in [0.29, 0.717) is 18.2 Å². The maximum absolute atomic E-state index is 11.8. The van der Waals surface area contributed by atoms with Gasteiger partial charge in [0.1, 0.15) is 0 Å². The van der Waals surface area contributed by atoms with Gasteiger partial charge in [-0.15, -0.1) is 0 Å². The Labute approximate surface area is 124 Å². The summed E-state index contributed by atoms with van der Waals surface area (Å²) in [6.45, 7) is 2.66. The van der Waals surface area contributed by atoms with E-state index >= 15 is 0 Å². The summed E-state index contributed by atoms with van der Waals surface area (Å²) in [4.78, 5) is 22.6. The van der Waals surface area contributed by atoms with Gasteiger partial charge in [-0.3, -0.25) is 4.79 Å². The second-order valence-electron chi connectivity index (χ2n) is 5.38. The standard InChI is InChI=1S/C15H22N4O2/c1-10(18-14(20)8-9-17-12-6-7-12)11-2-4-13(5-3-11)19-15(16)21/h2-5,10,12,17H,6-9H2,1H3,(H,18,20)(H3,16,19,21). The minimum absolute atomic E-state index is 0.0370. The zero-order chi connectivity index (χ0) is 15.2. The van der Waals surface area contributed by atoms with E-state index in [0.717, 1.165) is 12.1 Å². The number of carbonyl (C=O) groups excluding carboxylic acids is 2. The van der Waals surface area contributed by atoms with Crippen molar-refractivity contribution >= 4 is 17.6 Å². The van der Waals surface area contributed by atoms with Crippen molar-refractivity contribution in [1.82, 2.24) is 10.6 Å². The molecule has 0 saturated heterocycles. The topological polar surface area (TPSA) is 96.2 Å². The number of primary amides is 1. The predicted molar refractivity (Wildman–Crippen MR) is 81.8 cm³/mol. The molecule has 0 spiro atoms. The van der Waals surface area contributed by atoms with Crippen molar-refractivity contribution in [3.8, 4) is 0 Å². The molecule has 1 fully saturated rings. The largest absolute Gasteiger partial charge is 0.351 e. The van der Waals surface area contributed by atoms with Gasteiger partial charge >= 0.3 is 6.03 Å². The van der Waals surface area contributed by atoms with Gasteiger partial charge in [-0.1, -0.05) is 12.1 Å². The maximum Gasteiger partial charge on any atom is 0.316 e. The highest BCUT2D eigenvalue weighted by Gasteiger charge is 2.20. The molecule has 0 radical (unpaired) electrons. The smallest absolute Gasteiger partial charge is 0.316 e. The normalized spacial score (nSPS) is 15.3. The van der Waals surface area contributed by atoms with Gasteiger partial charge in [0, 0.05) is 24.7 Å². The van der Waals surface area contributed by atoms with Crippen molar-refractivity contribution in [2.45, 2.75) is 38.3 Å². The Hall–Kier alpha value is -2.08. The average molecular weight is 290 g/mol. The molecule has 1 saturated carbocycles. The average Bonchev–Trinajstić information content (AvgIpc) is 3.23. The van der Waals surface area contributed by atoms with Crippen LogP contribution >= 0.6 is 0 Å². The van der Waals surface area contributed by atoms with Crippen molar-refractivity contribution in [2.24, 2.45) is 5.73 Å². The van der Waals surface area contributed by atoms with Crippen LogP contribution in [0.4, 0.5) is 10.5 Å². The summed E-state index contributed by atoms with van der Waals surface area (Å²) < 4.78 is 0. The van der Waals surface area contributed by atoms with Gasteiger partial charge < -0.3 is 21.7 Å². The van der Waals surface area contributed by atoms with Gasteiger partial charge in [-0.25, -0.2) is 4.79 Å². The highest BCUT2D eigenvalue weighted by atomic mass is 16.2. The fourth-order valence-corrected chi connectivity index (χ4v) is 2.07. The number of nitrogens with one attached hydrogen (secondary N) is 3. The molecule has 1 aromatic carbocycles.